The number of anilines is 1. The Bertz CT molecular complexity index is 1290. The number of ketones is 1. The number of carbonyl (C=O) groups excluding carboxylic acids is 2. The van der Waals surface area contributed by atoms with Crippen molar-refractivity contribution >= 4 is 46.7 Å². The maximum absolute atomic E-state index is 12.4. The number of halogens is 2. The van der Waals surface area contributed by atoms with Crippen molar-refractivity contribution in [3.05, 3.63) is 106 Å². The third kappa shape index (κ3) is 6.19. The number of allylic oxidation sites excluding steroid dienone is 1. The Hall–Kier alpha value is -3.68. The number of nitrogens with zero attached hydrogens (tertiary/aromatic N) is 4. The number of benzene rings is 2. The van der Waals surface area contributed by atoms with Crippen molar-refractivity contribution in [3.63, 3.8) is 0 Å². The second-order valence-electron chi connectivity index (χ2n) is 7.23. The minimum Gasteiger partial charge on any atom is -0.342 e. The second-order valence-corrected chi connectivity index (χ2v) is 8.10. The third-order valence-corrected chi connectivity index (χ3v) is 5.25. The van der Waals surface area contributed by atoms with E-state index in [1.807, 2.05) is 22.9 Å². The number of hydrogen-bond donors (Lipinski definition) is 1. The van der Waals surface area contributed by atoms with Gasteiger partial charge in [-0.05, 0) is 72.8 Å². The Morgan fingerprint density at radius 2 is 1.67 bits per heavy atom. The fourth-order valence-corrected chi connectivity index (χ4v) is 3.39. The van der Waals surface area contributed by atoms with Gasteiger partial charge in [0.15, 0.2) is 5.78 Å². The molecule has 0 spiro atoms. The SMILES string of the molecule is O=C(Cn1cc(Cn2cccc2/C=C/C(=O)c2ccc(Cl)cc2)nn1)Nc1ccc(Cl)cc1. The number of aromatic nitrogens is 4. The van der Waals surface area contributed by atoms with Crippen LogP contribution in [0, 0.1) is 0 Å². The van der Waals surface area contributed by atoms with E-state index in [2.05, 4.69) is 15.6 Å². The Kier molecular flexibility index (Phi) is 7.02. The van der Waals surface area contributed by atoms with Gasteiger partial charge in [-0.3, -0.25) is 9.59 Å². The lowest BCUT2D eigenvalue weighted by molar-refractivity contribution is -0.116. The molecule has 0 aliphatic heterocycles. The molecule has 0 aliphatic carbocycles. The molecular weight excluding hydrogens is 461 g/mol. The molecule has 1 N–H and O–H groups in total. The van der Waals surface area contributed by atoms with Crippen LogP contribution in [0.2, 0.25) is 10.0 Å². The van der Waals surface area contributed by atoms with Gasteiger partial charge in [-0.25, -0.2) is 4.68 Å². The zero-order valence-electron chi connectivity index (χ0n) is 17.4. The zero-order valence-corrected chi connectivity index (χ0v) is 18.9. The Balaban J connectivity index is 1.36. The van der Waals surface area contributed by atoms with Gasteiger partial charge >= 0.3 is 0 Å². The summed E-state index contributed by atoms with van der Waals surface area (Å²) in [6, 6.07) is 17.4. The fourth-order valence-electron chi connectivity index (χ4n) is 3.14. The van der Waals surface area contributed by atoms with Gasteiger partial charge in [0, 0.05) is 33.2 Å². The fraction of sp³-hybridized carbons (Fsp3) is 0.0833. The molecule has 1 amide bonds. The van der Waals surface area contributed by atoms with Crippen molar-refractivity contribution in [2.75, 3.05) is 5.32 Å². The van der Waals surface area contributed by atoms with Gasteiger partial charge in [0.05, 0.1) is 12.7 Å². The molecule has 2 aromatic carbocycles. The van der Waals surface area contributed by atoms with E-state index in [0.29, 0.717) is 33.5 Å². The van der Waals surface area contributed by atoms with E-state index >= 15 is 0 Å². The molecule has 0 saturated heterocycles. The van der Waals surface area contributed by atoms with Crippen LogP contribution in [-0.2, 0) is 17.9 Å². The predicted octanol–water partition coefficient (Wildman–Crippen LogP) is 4.97. The quantitative estimate of drug-likeness (QED) is 0.285. The van der Waals surface area contributed by atoms with Gasteiger partial charge in [0.25, 0.3) is 0 Å². The van der Waals surface area contributed by atoms with Crippen LogP contribution in [0.15, 0.2) is 79.1 Å². The smallest absolute Gasteiger partial charge is 0.246 e. The van der Waals surface area contributed by atoms with Crippen LogP contribution in [0.1, 0.15) is 21.7 Å². The topological polar surface area (TPSA) is 81.8 Å². The molecule has 0 bridgehead atoms. The lowest BCUT2D eigenvalue weighted by atomic mass is 10.1. The largest absolute Gasteiger partial charge is 0.342 e. The molecular formula is C24H19Cl2N5O2. The molecule has 2 heterocycles. The van der Waals surface area contributed by atoms with E-state index in [9.17, 15) is 9.59 Å². The van der Waals surface area contributed by atoms with Gasteiger partial charge < -0.3 is 9.88 Å². The van der Waals surface area contributed by atoms with E-state index in [0.717, 1.165) is 5.69 Å². The first kappa shape index (κ1) is 22.5. The highest BCUT2D eigenvalue weighted by Crippen LogP contribution is 2.14. The summed E-state index contributed by atoms with van der Waals surface area (Å²) in [7, 11) is 0. The van der Waals surface area contributed by atoms with Gasteiger partial charge in [-0.1, -0.05) is 28.4 Å². The van der Waals surface area contributed by atoms with Crippen molar-refractivity contribution in [2.45, 2.75) is 13.1 Å². The van der Waals surface area contributed by atoms with E-state index in [4.69, 9.17) is 23.2 Å². The second kappa shape index (κ2) is 10.3. The van der Waals surface area contributed by atoms with E-state index < -0.39 is 0 Å². The summed E-state index contributed by atoms with van der Waals surface area (Å²) >= 11 is 11.7. The molecule has 0 saturated carbocycles. The van der Waals surface area contributed by atoms with Crippen LogP contribution in [0.5, 0.6) is 0 Å². The van der Waals surface area contributed by atoms with Crippen LogP contribution in [0.25, 0.3) is 6.08 Å². The molecule has 2 aromatic heterocycles. The van der Waals surface area contributed by atoms with Crippen molar-refractivity contribution in [2.24, 2.45) is 0 Å². The first-order valence-electron chi connectivity index (χ1n) is 10.0. The number of hydrogen-bond acceptors (Lipinski definition) is 4. The van der Waals surface area contributed by atoms with Crippen molar-refractivity contribution in [1.29, 1.82) is 0 Å². The summed E-state index contributed by atoms with van der Waals surface area (Å²) < 4.78 is 3.41. The molecule has 9 heteroatoms. The summed E-state index contributed by atoms with van der Waals surface area (Å²) in [4.78, 5) is 24.6. The van der Waals surface area contributed by atoms with Gasteiger partial charge in [0.2, 0.25) is 5.91 Å². The Labute approximate surface area is 200 Å². The summed E-state index contributed by atoms with van der Waals surface area (Å²) in [6.07, 6.45) is 6.88. The molecule has 0 radical (unpaired) electrons. The minimum atomic E-state index is -0.223. The van der Waals surface area contributed by atoms with Crippen LogP contribution in [0.4, 0.5) is 5.69 Å². The molecule has 4 rings (SSSR count). The average Bonchev–Trinajstić information content (AvgIpc) is 3.43. The third-order valence-electron chi connectivity index (χ3n) is 4.75. The van der Waals surface area contributed by atoms with E-state index in [1.54, 1.807) is 60.8 Å². The zero-order chi connectivity index (χ0) is 23.2. The van der Waals surface area contributed by atoms with E-state index in [-0.39, 0.29) is 18.2 Å². The van der Waals surface area contributed by atoms with Crippen LogP contribution in [0.3, 0.4) is 0 Å². The lowest BCUT2D eigenvalue weighted by Gasteiger charge is -2.05. The van der Waals surface area contributed by atoms with Gasteiger partial charge in [0.1, 0.15) is 12.2 Å². The number of nitrogens with one attached hydrogen (secondary N) is 1. The normalized spacial score (nSPS) is 11.1. The predicted molar refractivity (Wildman–Crippen MR) is 128 cm³/mol. The minimum absolute atomic E-state index is 0.0314. The lowest BCUT2D eigenvalue weighted by Crippen LogP contribution is -2.19. The number of amides is 1. The van der Waals surface area contributed by atoms with Crippen LogP contribution < -0.4 is 5.32 Å². The van der Waals surface area contributed by atoms with Crippen molar-refractivity contribution in [3.8, 4) is 0 Å². The van der Waals surface area contributed by atoms with Crippen molar-refractivity contribution in [1.82, 2.24) is 19.6 Å². The molecule has 166 valence electrons. The molecule has 0 aliphatic rings. The Morgan fingerprint density at radius 3 is 2.39 bits per heavy atom. The van der Waals surface area contributed by atoms with Gasteiger partial charge in [-0.2, -0.15) is 0 Å². The standard InChI is InChI=1S/C24H19Cl2N5O2/c25-18-5-3-17(4-6-18)23(32)12-11-22-2-1-13-30(22)14-21-15-31(29-28-21)16-24(33)27-20-9-7-19(26)8-10-20/h1-13,15H,14,16H2,(H,27,33)/b12-11+. The molecule has 4 aromatic rings. The first-order valence-corrected chi connectivity index (χ1v) is 10.8. The van der Waals surface area contributed by atoms with Gasteiger partial charge in [-0.15, -0.1) is 5.10 Å². The summed E-state index contributed by atoms with van der Waals surface area (Å²) in [5, 5.41) is 12.1. The maximum atomic E-state index is 12.4. The maximum Gasteiger partial charge on any atom is 0.246 e. The van der Waals surface area contributed by atoms with Crippen LogP contribution >= 0.6 is 23.2 Å². The summed E-state index contributed by atoms with van der Waals surface area (Å²) in [5.74, 6) is -0.337. The molecule has 7 nitrogen and oxygen atoms in total. The number of carbonyl (C=O) groups is 2. The monoisotopic (exact) mass is 479 g/mol. The molecule has 0 atom stereocenters. The Morgan fingerprint density at radius 1 is 0.970 bits per heavy atom. The highest BCUT2D eigenvalue weighted by atomic mass is 35.5. The number of rotatable bonds is 8. The highest BCUT2D eigenvalue weighted by Gasteiger charge is 2.09. The summed E-state index contributed by atoms with van der Waals surface area (Å²) in [5.41, 5.74) is 2.74. The highest BCUT2D eigenvalue weighted by molar-refractivity contribution is 6.31. The molecule has 33 heavy (non-hydrogen) atoms. The molecule has 0 fully saturated rings. The summed E-state index contributed by atoms with van der Waals surface area (Å²) in [6.45, 7) is 0.476. The first-order chi connectivity index (χ1) is 16.0. The van der Waals surface area contributed by atoms with E-state index in [1.165, 1.54) is 10.8 Å². The average molecular weight is 480 g/mol. The molecule has 0 unspecified atom stereocenters. The van der Waals surface area contributed by atoms with Crippen LogP contribution in [-0.4, -0.2) is 31.3 Å². The van der Waals surface area contributed by atoms with Crippen molar-refractivity contribution < 1.29 is 9.59 Å².